The van der Waals surface area contributed by atoms with Crippen molar-refractivity contribution < 1.29 is 15.0 Å². The molecule has 0 spiro atoms. The van der Waals surface area contributed by atoms with Crippen molar-refractivity contribution in [1.29, 1.82) is 0 Å². The molecule has 0 unspecified atom stereocenters. The second-order valence-corrected chi connectivity index (χ2v) is 2.57. The summed E-state index contributed by atoms with van der Waals surface area (Å²) >= 11 is 0. The van der Waals surface area contributed by atoms with E-state index < -0.39 is 5.97 Å². The maximum Gasteiger partial charge on any atom is 0.307 e. The lowest BCUT2D eigenvalue weighted by Crippen LogP contribution is -2.01. The Hall–Kier alpha value is -0.570. The molecule has 0 aromatic rings. The molecule has 0 aromatic heterocycles. The highest BCUT2D eigenvalue weighted by atomic mass is 16.4. The Morgan fingerprint density at radius 3 is 2.33 bits per heavy atom. The number of carboxylic acid groups (broad SMARTS) is 1. The number of carbonyl (C=O) groups is 1. The van der Waals surface area contributed by atoms with Crippen molar-refractivity contribution in [3.63, 3.8) is 0 Å². The highest BCUT2D eigenvalue weighted by molar-refractivity contribution is 5.74. The fraction of sp³-hybridized carbons (Fsp3) is 0.833. The minimum Gasteiger partial charge on any atom is -0.481 e. The zero-order chi connectivity index (χ0) is 7.02. The molecule has 3 nitrogen and oxygen atoms in total. The van der Waals surface area contributed by atoms with Crippen molar-refractivity contribution in [1.82, 2.24) is 0 Å². The van der Waals surface area contributed by atoms with E-state index in [4.69, 9.17) is 10.2 Å². The molecular formula is C6H10O3. The lowest BCUT2D eigenvalue weighted by atomic mass is 10.3. The molecule has 52 valence electrons. The van der Waals surface area contributed by atoms with Crippen LogP contribution in [0.1, 0.15) is 6.92 Å². The summed E-state index contributed by atoms with van der Waals surface area (Å²) < 4.78 is 0. The van der Waals surface area contributed by atoms with Gasteiger partial charge in [-0.2, -0.15) is 0 Å². The largest absolute Gasteiger partial charge is 0.481 e. The zero-order valence-electron chi connectivity index (χ0n) is 5.24. The first-order valence-corrected chi connectivity index (χ1v) is 3.02. The van der Waals surface area contributed by atoms with E-state index in [1.54, 1.807) is 0 Å². The van der Waals surface area contributed by atoms with Crippen LogP contribution in [0.2, 0.25) is 0 Å². The first-order valence-electron chi connectivity index (χ1n) is 3.02. The summed E-state index contributed by atoms with van der Waals surface area (Å²) in [6.45, 7) is 1.86. The Balaban J connectivity index is 2.42. The summed E-state index contributed by atoms with van der Waals surface area (Å²) in [4.78, 5) is 10.2. The van der Waals surface area contributed by atoms with Gasteiger partial charge < -0.3 is 10.2 Å². The Morgan fingerprint density at radius 1 is 1.67 bits per heavy atom. The van der Waals surface area contributed by atoms with Crippen LogP contribution in [0.15, 0.2) is 0 Å². The predicted octanol–water partition coefficient (Wildman–Crippen LogP) is -0.0546. The lowest BCUT2D eigenvalue weighted by Gasteiger charge is -1.84. The molecule has 0 amide bonds. The van der Waals surface area contributed by atoms with Gasteiger partial charge in [-0.15, -0.1) is 0 Å². The number of aliphatic hydroxyl groups is 1. The van der Waals surface area contributed by atoms with Crippen LogP contribution in [0.25, 0.3) is 0 Å². The summed E-state index contributed by atoms with van der Waals surface area (Å²) in [5.41, 5.74) is 0. The normalized spacial score (nSPS) is 40.4. The van der Waals surface area contributed by atoms with Gasteiger partial charge >= 0.3 is 5.97 Å². The van der Waals surface area contributed by atoms with Gasteiger partial charge in [-0.3, -0.25) is 4.79 Å². The SMILES string of the molecule is C[C@@H]1[C@@H](CO)[C@H]1C(=O)O. The van der Waals surface area contributed by atoms with E-state index >= 15 is 0 Å². The van der Waals surface area contributed by atoms with Crippen LogP contribution in [0.3, 0.4) is 0 Å². The van der Waals surface area contributed by atoms with Crippen molar-refractivity contribution in [2.75, 3.05) is 6.61 Å². The van der Waals surface area contributed by atoms with Crippen molar-refractivity contribution in [2.24, 2.45) is 17.8 Å². The molecule has 1 rings (SSSR count). The summed E-state index contributed by atoms with van der Waals surface area (Å²) in [5, 5.41) is 16.9. The molecule has 0 heterocycles. The average molecular weight is 130 g/mol. The smallest absolute Gasteiger partial charge is 0.307 e. The Morgan fingerprint density at radius 2 is 2.22 bits per heavy atom. The summed E-state index contributed by atoms with van der Waals surface area (Å²) in [6.07, 6.45) is 0. The topological polar surface area (TPSA) is 57.5 Å². The van der Waals surface area contributed by atoms with Crippen LogP contribution in [0, 0.1) is 17.8 Å². The number of hydrogen-bond acceptors (Lipinski definition) is 2. The van der Waals surface area contributed by atoms with Gasteiger partial charge in [0.15, 0.2) is 0 Å². The van der Waals surface area contributed by atoms with Crippen molar-refractivity contribution >= 4 is 5.97 Å². The summed E-state index contributed by atoms with van der Waals surface area (Å²) in [7, 11) is 0. The minimum atomic E-state index is -0.776. The van der Waals surface area contributed by atoms with Crippen LogP contribution in [0.4, 0.5) is 0 Å². The molecule has 0 bridgehead atoms. The van der Waals surface area contributed by atoms with Gasteiger partial charge in [0.25, 0.3) is 0 Å². The van der Waals surface area contributed by atoms with Gasteiger partial charge in [0.05, 0.1) is 5.92 Å². The Kier molecular flexibility index (Phi) is 1.45. The highest BCUT2D eigenvalue weighted by Crippen LogP contribution is 2.45. The minimum absolute atomic E-state index is 0.0120. The van der Waals surface area contributed by atoms with Crippen molar-refractivity contribution in [3.05, 3.63) is 0 Å². The summed E-state index contributed by atoms with van der Waals surface area (Å²) in [5.74, 6) is -0.869. The van der Waals surface area contributed by atoms with E-state index in [9.17, 15) is 4.79 Å². The fourth-order valence-electron chi connectivity index (χ4n) is 1.23. The molecular weight excluding hydrogens is 120 g/mol. The lowest BCUT2D eigenvalue weighted by molar-refractivity contribution is -0.139. The molecule has 1 aliphatic carbocycles. The molecule has 1 saturated carbocycles. The molecule has 9 heavy (non-hydrogen) atoms. The molecule has 0 aliphatic heterocycles. The van der Waals surface area contributed by atoms with Crippen LogP contribution in [-0.2, 0) is 4.79 Å². The second kappa shape index (κ2) is 1.99. The second-order valence-electron chi connectivity index (χ2n) is 2.57. The highest BCUT2D eigenvalue weighted by Gasteiger charge is 2.51. The fourth-order valence-corrected chi connectivity index (χ4v) is 1.23. The molecule has 3 atom stereocenters. The van der Waals surface area contributed by atoms with Gasteiger partial charge in [-0.25, -0.2) is 0 Å². The Labute approximate surface area is 53.3 Å². The molecule has 0 saturated heterocycles. The van der Waals surface area contributed by atoms with Crippen LogP contribution in [-0.4, -0.2) is 22.8 Å². The predicted molar refractivity (Wildman–Crippen MR) is 30.9 cm³/mol. The van der Waals surface area contributed by atoms with Gasteiger partial charge in [0, 0.05) is 6.61 Å². The van der Waals surface area contributed by atoms with Crippen LogP contribution in [0.5, 0.6) is 0 Å². The van der Waals surface area contributed by atoms with Gasteiger partial charge in [0.2, 0.25) is 0 Å². The van der Waals surface area contributed by atoms with E-state index in [0.717, 1.165) is 0 Å². The zero-order valence-corrected chi connectivity index (χ0v) is 5.24. The first-order chi connectivity index (χ1) is 4.18. The Bertz CT molecular complexity index is 132. The monoisotopic (exact) mass is 130 g/mol. The number of aliphatic carboxylic acids is 1. The first kappa shape index (κ1) is 6.55. The molecule has 1 aliphatic rings. The molecule has 0 aromatic carbocycles. The van der Waals surface area contributed by atoms with E-state index in [2.05, 4.69) is 0 Å². The number of aliphatic hydroxyl groups excluding tert-OH is 1. The van der Waals surface area contributed by atoms with E-state index in [0.29, 0.717) is 0 Å². The summed E-state index contributed by atoms with van der Waals surface area (Å²) in [6, 6.07) is 0. The molecule has 3 heteroatoms. The maximum atomic E-state index is 10.2. The number of hydrogen-bond donors (Lipinski definition) is 2. The van der Waals surface area contributed by atoms with E-state index in [1.165, 1.54) is 0 Å². The van der Waals surface area contributed by atoms with Crippen LogP contribution < -0.4 is 0 Å². The number of carboxylic acids is 1. The molecule has 2 N–H and O–H groups in total. The maximum absolute atomic E-state index is 10.2. The number of rotatable bonds is 2. The van der Waals surface area contributed by atoms with E-state index in [-0.39, 0.29) is 24.4 Å². The average Bonchev–Trinajstić information content (AvgIpc) is 2.40. The third-order valence-electron chi connectivity index (χ3n) is 2.06. The van der Waals surface area contributed by atoms with Crippen molar-refractivity contribution in [3.8, 4) is 0 Å². The van der Waals surface area contributed by atoms with Gasteiger partial charge in [-0.1, -0.05) is 6.92 Å². The molecule has 0 radical (unpaired) electrons. The quantitative estimate of drug-likeness (QED) is 0.550. The van der Waals surface area contributed by atoms with E-state index in [1.807, 2.05) is 6.92 Å². The van der Waals surface area contributed by atoms with Crippen LogP contribution >= 0.6 is 0 Å². The molecule has 1 fully saturated rings. The van der Waals surface area contributed by atoms with Crippen molar-refractivity contribution in [2.45, 2.75) is 6.92 Å². The third kappa shape index (κ3) is 0.920. The standard InChI is InChI=1S/C6H10O3/c1-3-4(2-7)5(3)6(8)9/h3-5,7H,2H2,1H3,(H,8,9)/t3-,4-,5+/m1/s1. The van der Waals surface area contributed by atoms with Gasteiger partial charge in [-0.05, 0) is 11.8 Å². The van der Waals surface area contributed by atoms with Gasteiger partial charge in [0.1, 0.15) is 0 Å². The third-order valence-corrected chi connectivity index (χ3v) is 2.06.